The van der Waals surface area contributed by atoms with Crippen LogP contribution in [0.3, 0.4) is 0 Å². The minimum Gasteiger partial charge on any atom is -0.456 e. The van der Waals surface area contributed by atoms with Crippen molar-refractivity contribution in [2.75, 3.05) is 6.79 Å². The lowest BCUT2D eigenvalue weighted by Gasteiger charge is -2.18. The van der Waals surface area contributed by atoms with E-state index in [0.717, 1.165) is 18.2 Å². The Hall–Kier alpha value is -4.07. The fourth-order valence-corrected chi connectivity index (χ4v) is 3.51. The summed E-state index contributed by atoms with van der Waals surface area (Å²) in [5, 5.41) is 0.301. The number of aryl methyl sites for hydroxylation is 1. The summed E-state index contributed by atoms with van der Waals surface area (Å²) in [4.78, 5) is 33.9. The van der Waals surface area contributed by atoms with Gasteiger partial charge in [-0.1, -0.05) is 12.1 Å². The first-order valence-electron chi connectivity index (χ1n) is 9.50. The van der Waals surface area contributed by atoms with Crippen LogP contribution in [-0.4, -0.2) is 19.0 Å². The Labute approximate surface area is 180 Å². The number of fused-ring (bicyclic) bond motifs is 2. The van der Waals surface area contributed by atoms with E-state index in [2.05, 4.69) is 4.74 Å². The molecule has 0 fully saturated rings. The largest absolute Gasteiger partial charge is 0.456 e. The van der Waals surface area contributed by atoms with Crippen molar-refractivity contribution in [3.05, 3.63) is 75.4 Å². The number of rotatable bonds is 5. The molecule has 0 amide bonds. The highest BCUT2D eigenvalue weighted by Crippen LogP contribution is 2.42. The van der Waals surface area contributed by atoms with Crippen molar-refractivity contribution in [2.45, 2.75) is 13.8 Å². The van der Waals surface area contributed by atoms with E-state index in [1.165, 1.54) is 13.0 Å². The van der Waals surface area contributed by atoms with Crippen LogP contribution in [0.5, 0.6) is 5.75 Å². The van der Waals surface area contributed by atoms with E-state index in [-0.39, 0.29) is 22.7 Å². The minimum atomic E-state index is -0.975. The van der Waals surface area contributed by atoms with Gasteiger partial charge in [0.15, 0.2) is 17.4 Å². The number of benzene rings is 3. The molecular formula is C24H16F2O6. The number of carbonyl (C=O) groups is 2. The van der Waals surface area contributed by atoms with Gasteiger partial charge >= 0.3 is 5.97 Å². The second-order valence-electron chi connectivity index (χ2n) is 7.12. The van der Waals surface area contributed by atoms with Gasteiger partial charge in [-0.25, -0.2) is 8.78 Å². The summed E-state index contributed by atoms with van der Waals surface area (Å²) >= 11 is 0. The number of aldehydes is 1. The maximum Gasteiger partial charge on any atom is 0.305 e. The first-order chi connectivity index (χ1) is 15.3. The molecule has 0 saturated heterocycles. The summed E-state index contributed by atoms with van der Waals surface area (Å²) in [5.74, 6) is -2.47. The molecule has 32 heavy (non-hydrogen) atoms. The van der Waals surface area contributed by atoms with Crippen LogP contribution in [0.2, 0.25) is 0 Å². The molecule has 1 aliphatic heterocycles. The first-order valence-corrected chi connectivity index (χ1v) is 9.50. The monoisotopic (exact) mass is 438 g/mol. The number of halogens is 2. The molecule has 2 aromatic rings. The molecule has 0 unspecified atom stereocenters. The Kier molecular flexibility index (Phi) is 5.44. The van der Waals surface area contributed by atoms with Crippen molar-refractivity contribution in [1.82, 2.24) is 0 Å². The summed E-state index contributed by atoms with van der Waals surface area (Å²) in [6, 6.07) is 9.39. The van der Waals surface area contributed by atoms with Crippen molar-refractivity contribution in [3.63, 3.8) is 0 Å². The lowest BCUT2D eigenvalue weighted by molar-refractivity contribution is -0.147. The smallest absolute Gasteiger partial charge is 0.305 e. The van der Waals surface area contributed by atoms with Gasteiger partial charge in [0, 0.05) is 41.1 Å². The lowest BCUT2D eigenvalue weighted by Crippen LogP contribution is -2.08. The quantitative estimate of drug-likeness (QED) is 0.192. The number of ether oxygens (including phenoxy) is 2. The van der Waals surface area contributed by atoms with Crippen molar-refractivity contribution in [3.8, 4) is 28.2 Å². The van der Waals surface area contributed by atoms with Crippen molar-refractivity contribution in [2.24, 2.45) is 0 Å². The maximum atomic E-state index is 14.8. The van der Waals surface area contributed by atoms with Gasteiger partial charge < -0.3 is 13.9 Å². The van der Waals surface area contributed by atoms with E-state index in [1.54, 1.807) is 25.1 Å². The third kappa shape index (κ3) is 3.82. The Morgan fingerprint density at radius 2 is 1.84 bits per heavy atom. The van der Waals surface area contributed by atoms with Gasteiger partial charge in [-0.2, -0.15) is 0 Å². The molecule has 0 spiro atoms. The van der Waals surface area contributed by atoms with E-state index >= 15 is 0 Å². The van der Waals surface area contributed by atoms with Gasteiger partial charge in [0.25, 0.3) is 0 Å². The Bertz CT molecular complexity index is 1410. The van der Waals surface area contributed by atoms with Crippen LogP contribution in [-0.2, 0) is 9.53 Å². The van der Waals surface area contributed by atoms with E-state index in [1.807, 2.05) is 0 Å². The molecule has 1 aliphatic carbocycles. The van der Waals surface area contributed by atoms with Gasteiger partial charge in [-0.3, -0.25) is 14.4 Å². The molecule has 1 heterocycles. The van der Waals surface area contributed by atoms with Crippen molar-refractivity contribution >= 4 is 23.2 Å². The predicted molar refractivity (Wildman–Crippen MR) is 112 cm³/mol. The molecule has 4 rings (SSSR count). The summed E-state index contributed by atoms with van der Waals surface area (Å²) in [6.07, 6.45) is 0.698. The van der Waals surface area contributed by atoms with Crippen molar-refractivity contribution in [1.29, 1.82) is 0 Å². The molecule has 0 radical (unpaired) electrons. The average molecular weight is 438 g/mol. The summed E-state index contributed by atoms with van der Waals surface area (Å²) < 4.78 is 44.6. The minimum absolute atomic E-state index is 0.0929. The summed E-state index contributed by atoms with van der Waals surface area (Å²) in [5.41, 5.74) is 1.74. The third-order valence-corrected chi connectivity index (χ3v) is 4.96. The molecule has 0 aromatic heterocycles. The van der Waals surface area contributed by atoms with Crippen LogP contribution in [0.15, 0.2) is 51.7 Å². The van der Waals surface area contributed by atoms with E-state index < -0.39 is 29.8 Å². The molecule has 0 saturated carbocycles. The maximum absolute atomic E-state index is 14.8. The second kappa shape index (κ2) is 8.22. The topological polar surface area (TPSA) is 82.8 Å². The van der Waals surface area contributed by atoms with Gasteiger partial charge in [0.1, 0.15) is 17.6 Å². The molecular weight excluding hydrogens is 422 g/mol. The molecule has 0 N–H and O–H groups in total. The zero-order valence-electron chi connectivity index (χ0n) is 17.0. The SMILES string of the molecule is CC(=O)OCOc1cc2oc3cc(=O)c(F)cc-3c(-c3ccc(C=O)cc3C)c2cc1F. The highest BCUT2D eigenvalue weighted by Gasteiger charge is 2.22. The zero-order valence-corrected chi connectivity index (χ0v) is 17.0. The molecule has 162 valence electrons. The van der Waals surface area contributed by atoms with E-state index in [9.17, 15) is 23.2 Å². The molecule has 0 atom stereocenters. The standard InChI is InChI=1S/C24H16F2O6/c1-12-5-14(10-27)3-4-15(12)24-16-6-18(25)20(29)8-21(16)32-22-9-23(19(26)7-17(22)24)31-11-30-13(2)28/h3-10H,11H2,1-2H3. The molecule has 8 heteroatoms. The lowest BCUT2D eigenvalue weighted by atomic mass is 9.90. The van der Waals surface area contributed by atoms with Crippen LogP contribution in [0, 0.1) is 18.6 Å². The van der Waals surface area contributed by atoms with Crippen LogP contribution >= 0.6 is 0 Å². The first kappa shape index (κ1) is 21.2. The Balaban J connectivity index is 2.02. The van der Waals surface area contributed by atoms with E-state index in [4.69, 9.17) is 9.15 Å². The Morgan fingerprint density at radius 1 is 1.06 bits per heavy atom. The Morgan fingerprint density at radius 3 is 2.53 bits per heavy atom. The van der Waals surface area contributed by atoms with Crippen LogP contribution < -0.4 is 10.2 Å². The summed E-state index contributed by atoms with van der Waals surface area (Å²) in [7, 11) is 0. The molecule has 6 nitrogen and oxygen atoms in total. The number of hydrogen-bond donors (Lipinski definition) is 0. The second-order valence-corrected chi connectivity index (χ2v) is 7.12. The van der Waals surface area contributed by atoms with Gasteiger partial charge in [-0.15, -0.1) is 0 Å². The number of hydrogen-bond acceptors (Lipinski definition) is 6. The molecule has 0 bridgehead atoms. The predicted octanol–water partition coefficient (Wildman–Crippen LogP) is 4.86. The number of carbonyl (C=O) groups excluding carboxylic acids is 2. The molecule has 2 aromatic carbocycles. The molecule has 2 aliphatic rings. The van der Waals surface area contributed by atoms with Crippen LogP contribution in [0.1, 0.15) is 22.8 Å². The highest BCUT2D eigenvalue weighted by atomic mass is 19.1. The van der Waals surface area contributed by atoms with Crippen LogP contribution in [0.25, 0.3) is 33.4 Å². The third-order valence-electron chi connectivity index (χ3n) is 4.96. The van der Waals surface area contributed by atoms with E-state index in [0.29, 0.717) is 33.9 Å². The van der Waals surface area contributed by atoms with Crippen molar-refractivity contribution < 1.29 is 32.3 Å². The number of esters is 1. The normalized spacial score (nSPS) is 11.0. The van der Waals surface area contributed by atoms with Crippen LogP contribution in [0.4, 0.5) is 8.78 Å². The van der Waals surface area contributed by atoms with Gasteiger partial charge in [-0.05, 0) is 36.2 Å². The summed E-state index contributed by atoms with van der Waals surface area (Å²) in [6.45, 7) is 2.45. The zero-order chi connectivity index (χ0) is 23.0. The fraction of sp³-hybridized carbons (Fsp3) is 0.125. The van der Waals surface area contributed by atoms with Gasteiger partial charge in [0.2, 0.25) is 12.2 Å². The fourth-order valence-electron chi connectivity index (χ4n) is 3.51. The highest BCUT2D eigenvalue weighted by molar-refractivity contribution is 6.03. The van der Waals surface area contributed by atoms with Gasteiger partial charge in [0.05, 0.1) is 0 Å². The average Bonchev–Trinajstić information content (AvgIpc) is 2.74.